The predicted molar refractivity (Wildman–Crippen MR) is 140 cm³/mol. The van der Waals surface area contributed by atoms with Gasteiger partial charge in [0.2, 0.25) is 5.13 Å². The Hall–Kier alpha value is -3.88. The second kappa shape index (κ2) is 10.4. The van der Waals surface area contributed by atoms with Gasteiger partial charge in [0.05, 0.1) is 17.7 Å². The number of rotatable bonds is 8. The van der Waals surface area contributed by atoms with Gasteiger partial charge in [0.1, 0.15) is 4.70 Å². The van der Waals surface area contributed by atoms with Gasteiger partial charge in [0.15, 0.2) is 16.6 Å². The Bertz CT molecular complexity index is 1440. The third-order valence-corrected chi connectivity index (χ3v) is 6.69. The number of hydrogen-bond acceptors (Lipinski definition) is 8. The molecule has 0 saturated carbocycles. The number of Topliss-reactive ketones (excluding diaryl/α,β-unsaturated/α-hetero) is 1. The number of thiazole rings is 1. The summed E-state index contributed by atoms with van der Waals surface area (Å²) in [5.74, 6) is 0.284. The molecule has 8 heteroatoms. The molecule has 0 spiro atoms. The molecule has 0 unspecified atom stereocenters. The molecular weight excluding hydrogens is 462 g/mol. The second-order valence-corrected chi connectivity index (χ2v) is 9.19. The van der Waals surface area contributed by atoms with Crippen LogP contribution in [0.3, 0.4) is 0 Å². The van der Waals surface area contributed by atoms with Gasteiger partial charge in [-0.25, -0.2) is 9.97 Å². The Labute approximate surface area is 204 Å². The summed E-state index contributed by atoms with van der Waals surface area (Å²) in [6.07, 6.45) is 1.74. The van der Waals surface area contributed by atoms with E-state index < -0.39 is 0 Å². The molecule has 2 heterocycles. The number of nitrogens with zero attached hydrogens (tertiary/aromatic N) is 4. The summed E-state index contributed by atoms with van der Waals surface area (Å²) >= 11 is 2.76. The molecule has 5 aromatic rings. The van der Waals surface area contributed by atoms with Gasteiger partial charge in [0.25, 0.3) is 0 Å². The number of hydrogen-bond donors (Lipinski definition) is 1. The molecule has 5 rings (SSSR count). The molecule has 0 fully saturated rings. The highest BCUT2D eigenvalue weighted by Crippen LogP contribution is 2.34. The van der Waals surface area contributed by atoms with Crippen molar-refractivity contribution in [3.05, 3.63) is 102 Å². The fraction of sp³-hybridized carbons (Fsp3) is 0.0385. The zero-order valence-electron chi connectivity index (χ0n) is 18.0. The Balaban J connectivity index is 1.43. The Kier molecular flexibility index (Phi) is 6.69. The van der Waals surface area contributed by atoms with E-state index in [9.17, 15) is 4.79 Å². The molecule has 1 N–H and O–H groups in total. The van der Waals surface area contributed by atoms with Crippen LogP contribution in [0.2, 0.25) is 0 Å². The lowest BCUT2D eigenvalue weighted by Crippen LogP contribution is -2.03. The summed E-state index contributed by atoms with van der Waals surface area (Å²) in [5.41, 5.74) is 7.00. The number of aromatic nitrogens is 3. The van der Waals surface area contributed by atoms with E-state index in [-0.39, 0.29) is 11.5 Å². The smallest absolute Gasteiger partial charge is 0.206 e. The van der Waals surface area contributed by atoms with Crippen LogP contribution in [0.4, 0.5) is 5.13 Å². The van der Waals surface area contributed by atoms with E-state index in [2.05, 4.69) is 20.5 Å². The second-order valence-electron chi connectivity index (χ2n) is 7.25. The monoisotopic (exact) mass is 481 g/mol. The molecular formula is C26H19N5OS2. The standard InChI is InChI=1S/C26H19N5OS2/c32-21(19-12-6-2-7-13-19)17-33-25-28-22(20-14-8-3-9-15-20)23-24(29-25)30-26(34-23)31-27-16-18-10-4-1-5-11-18/h1-16H,17H2,(H,28,29,30,31). The van der Waals surface area contributed by atoms with Gasteiger partial charge in [-0.05, 0) is 5.56 Å². The van der Waals surface area contributed by atoms with E-state index in [0.29, 0.717) is 21.5 Å². The van der Waals surface area contributed by atoms with Crippen molar-refractivity contribution >= 4 is 50.6 Å². The maximum Gasteiger partial charge on any atom is 0.206 e. The van der Waals surface area contributed by atoms with E-state index in [4.69, 9.17) is 4.98 Å². The van der Waals surface area contributed by atoms with Crippen LogP contribution in [0.25, 0.3) is 21.6 Å². The minimum atomic E-state index is 0.0337. The zero-order valence-corrected chi connectivity index (χ0v) is 19.6. The zero-order chi connectivity index (χ0) is 23.2. The van der Waals surface area contributed by atoms with Crippen molar-refractivity contribution in [3.8, 4) is 11.3 Å². The molecule has 3 aromatic carbocycles. The molecule has 2 aromatic heterocycles. The van der Waals surface area contributed by atoms with Crippen molar-refractivity contribution in [2.24, 2.45) is 5.10 Å². The first-order valence-corrected chi connectivity index (χ1v) is 12.4. The average Bonchev–Trinajstić information content (AvgIpc) is 3.31. The molecule has 0 radical (unpaired) electrons. The van der Waals surface area contributed by atoms with E-state index in [0.717, 1.165) is 21.5 Å². The maximum atomic E-state index is 12.6. The van der Waals surface area contributed by atoms with E-state index in [1.54, 1.807) is 6.21 Å². The van der Waals surface area contributed by atoms with Crippen molar-refractivity contribution in [3.63, 3.8) is 0 Å². The van der Waals surface area contributed by atoms with Gasteiger partial charge < -0.3 is 0 Å². The molecule has 6 nitrogen and oxygen atoms in total. The van der Waals surface area contributed by atoms with Crippen molar-refractivity contribution in [2.45, 2.75) is 5.16 Å². The molecule has 0 aliphatic rings. The van der Waals surface area contributed by atoms with E-state index >= 15 is 0 Å². The van der Waals surface area contributed by atoms with Crippen LogP contribution in [-0.2, 0) is 0 Å². The number of hydrazone groups is 1. The first kappa shape index (κ1) is 21.9. The number of carbonyl (C=O) groups excluding carboxylic acids is 1. The Morgan fingerprint density at radius 2 is 1.56 bits per heavy atom. The number of anilines is 1. The van der Waals surface area contributed by atoms with Gasteiger partial charge in [-0.1, -0.05) is 114 Å². The lowest BCUT2D eigenvalue weighted by Gasteiger charge is -2.05. The van der Waals surface area contributed by atoms with Crippen molar-refractivity contribution in [1.29, 1.82) is 0 Å². The topological polar surface area (TPSA) is 80.1 Å². The Morgan fingerprint density at radius 3 is 2.29 bits per heavy atom. The molecule has 0 amide bonds. The van der Waals surface area contributed by atoms with Crippen molar-refractivity contribution in [1.82, 2.24) is 15.0 Å². The van der Waals surface area contributed by atoms with E-state index in [1.807, 2.05) is 91.0 Å². The number of fused-ring (bicyclic) bond motifs is 1. The first-order valence-electron chi connectivity index (χ1n) is 10.6. The normalized spacial score (nSPS) is 11.2. The summed E-state index contributed by atoms with van der Waals surface area (Å²) in [7, 11) is 0. The molecule has 0 saturated heterocycles. The SMILES string of the molecule is O=C(CSc1nc(-c2ccccc2)c2sc(NN=Cc3ccccc3)nc2n1)c1ccccc1. The molecule has 0 bridgehead atoms. The van der Waals surface area contributed by atoms with E-state index in [1.165, 1.54) is 23.1 Å². The lowest BCUT2D eigenvalue weighted by atomic mass is 10.1. The number of thioether (sulfide) groups is 1. The van der Waals surface area contributed by atoms with Gasteiger partial charge in [0, 0.05) is 11.1 Å². The first-order chi connectivity index (χ1) is 16.8. The van der Waals surface area contributed by atoms with Crippen LogP contribution in [-0.4, -0.2) is 32.7 Å². The maximum absolute atomic E-state index is 12.6. The van der Waals surface area contributed by atoms with Gasteiger partial charge in [-0.2, -0.15) is 10.1 Å². The molecule has 34 heavy (non-hydrogen) atoms. The highest BCUT2D eigenvalue weighted by molar-refractivity contribution is 7.99. The average molecular weight is 482 g/mol. The molecule has 0 atom stereocenters. The van der Waals surface area contributed by atoms with Gasteiger partial charge in [-0.3, -0.25) is 10.2 Å². The fourth-order valence-electron chi connectivity index (χ4n) is 3.25. The van der Waals surface area contributed by atoms with Crippen LogP contribution in [0.1, 0.15) is 15.9 Å². The summed E-state index contributed by atoms with van der Waals surface area (Å²) in [4.78, 5) is 26.6. The van der Waals surface area contributed by atoms with Crippen LogP contribution in [0, 0.1) is 0 Å². The summed E-state index contributed by atoms with van der Waals surface area (Å²) < 4.78 is 0.863. The van der Waals surface area contributed by atoms with Gasteiger partial charge >= 0.3 is 0 Å². The third kappa shape index (κ3) is 5.19. The third-order valence-electron chi connectivity index (χ3n) is 4.88. The number of ketones is 1. The molecule has 166 valence electrons. The fourth-order valence-corrected chi connectivity index (χ4v) is 4.85. The minimum absolute atomic E-state index is 0.0337. The van der Waals surface area contributed by atoms with Crippen molar-refractivity contribution < 1.29 is 4.79 Å². The summed E-state index contributed by atoms with van der Waals surface area (Å²) in [6, 6.07) is 29.0. The quantitative estimate of drug-likeness (QED) is 0.0938. The van der Waals surface area contributed by atoms with Crippen LogP contribution >= 0.6 is 23.1 Å². The summed E-state index contributed by atoms with van der Waals surface area (Å²) in [5, 5.41) is 5.44. The predicted octanol–water partition coefficient (Wildman–Crippen LogP) is 6.17. The Morgan fingerprint density at radius 1 is 0.882 bits per heavy atom. The number of nitrogens with one attached hydrogen (secondary N) is 1. The van der Waals surface area contributed by atoms with Crippen molar-refractivity contribution in [2.75, 3.05) is 11.2 Å². The van der Waals surface area contributed by atoms with Gasteiger partial charge in [-0.15, -0.1) is 0 Å². The minimum Gasteiger partial charge on any atom is -0.293 e. The van der Waals surface area contributed by atoms with Crippen LogP contribution in [0.5, 0.6) is 0 Å². The van der Waals surface area contributed by atoms with Crippen LogP contribution in [0.15, 0.2) is 101 Å². The highest BCUT2D eigenvalue weighted by Gasteiger charge is 2.16. The molecule has 0 aliphatic carbocycles. The van der Waals surface area contributed by atoms with Crippen LogP contribution < -0.4 is 5.43 Å². The number of carbonyl (C=O) groups is 1. The number of benzene rings is 3. The molecule has 0 aliphatic heterocycles. The largest absolute Gasteiger partial charge is 0.293 e. The highest BCUT2D eigenvalue weighted by atomic mass is 32.2. The lowest BCUT2D eigenvalue weighted by molar-refractivity contribution is 0.102. The summed E-state index contributed by atoms with van der Waals surface area (Å²) in [6.45, 7) is 0.